The number of nitrogens with one attached hydrogen (secondary N) is 2. The Morgan fingerprint density at radius 3 is 2.29 bits per heavy atom. The third-order valence-corrected chi connectivity index (χ3v) is 7.92. The zero-order valence-corrected chi connectivity index (χ0v) is 19.2. The van der Waals surface area contributed by atoms with Crippen molar-refractivity contribution in [3.05, 3.63) is 24.3 Å². The normalized spacial score (nSPS) is 29.6. The summed E-state index contributed by atoms with van der Waals surface area (Å²) in [5, 5.41) is 6.20. The van der Waals surface area contributed by atoms with E-state index in [1.165, 1.54) is 38.5 Å². The van der Waals surface area contributed by atoms with Gasteiger partial charge in [-0.25, -0.2) is 0 Å². The maximum atomic E-state index is 12.8. The zero-order valence-electron chi connectivity index (χ0n) is 19.2. The zero-order chi connectivity index (χ0) is 22.0. The second kappa shape index (κ2) is 9.19. The van der Waals surface area contributed by atoms with Gasteiger partial charge < -0.3 is 15.4 Å². The number of hydrogen-bond donors (Lipinski definition) is 2. The van der Waals surface area contributed by atoms with Gasteiger partial charge in [-0.1, -0.05) is 13.0 Å². The Morgan fingerprint density at radius 1 is 1.10 bits per heavy atom. The summed E-state index contributed by atoms with van der Waals surface area (Å²) in [5.41, 5.74) is 0.992. The number of carbonyl (C=O) groups excluding carboxylic acids is 2. The van der Waals surface area contributed by atoms with Gasteiger partial charge in [0.25, 0.3) is 0 Å². The molecule has 0 aromatic heterocycles. The van der Waals surface area contributed by atoms with Crippen LogP contribution in [0.2, 0.25) is 0 Å². The molecule has 6 heteroatoms. The summed E-state index contributed by atoms with van der Waals surface area (Å²) in [4.78, 5) is 27.2. The molecule has 0 unspecified atom stereocenters. The van der Waals surface area contributed by atoms with Crippen molar-refractivity contribution in [1.82, 2.24) is 10.2 Å². The molecule has 31 heavy (non-hydrogen) atoms. The molecule has 6 nitrogen and oxygen atoms in total. The van der Waals surface area contributed by atoms with Crippen molar-refractivity contribution in [3.8, 4) is 5.75 Å². The summed E-state index contributed by atoms with van der Waals surface area (Å²) in [7, 11) is 1.60. The summed E-state index contributed by atoms with van der Waals surface area (Å²) in [6.07, 6.45) is 8.06. The molecule has 0 radical (unpaired) electrons. The number of hydrogen-bond acceptors (Lipinski definition) is 4. The number of anilines is 1. The quantitative estimate of drug-likeness (QED) is 0.631. The molecular weight excluding hydrogens is 390 g/mol. The van der Waals surface area contributed by atoms with Crippen LogP contribution in [0.4, 0.5) is 5.69 Å². The molecule has 4 aliphatic carbocycles. The number of likely N-dealkylation sites (N-methyl/N-ethyl adjacent to an activating group) is 1. The van der Waals surface area contributed by atoms with E-state index in [0.717, 1.165) is 17.8 Å². The Balaban J connectivity index is 1.28. The van der Waals surface area contributed by atoms with Gasteiger partial charge in [-0.3, -0.25) is 14.5 Å². The number of carbonyl (C=O) groups is 2. The van der Waals surface area contributed by atoms with Crippen LogP contribution in [0.25, 0.3) is 0 Å². The molecule has 4 bridgehead atoms. The molecule has 4 saturated carbocycles. The van der Waals surface area contributed by atoms with E-state index in [4.69, 9.17) is 4.74 Å². The standard InChI is InChI=1S/C25H37N3O3/c1-4-28(16-24(30)27-21-6-5-7-22(11-21)31-3)15-23(29)26-17(2)25-12-18-8-19(13-25)10-20(9-18)14-25/h5-7,11,17-20H,4,8-10,12-16H2,1-3H3,(H,26,29)(H,27,30)/t17-,18?,19?,20?,25?/m0/s1. The van der Waals surface area contributed by atoms with Crippen LogP contribution in [0.1, 0.15) is 52.4 Å². The maximum absolute atomic E-state index is 12.8. The van der Waals surface area contributed by atoms with Gasteiger partial charge in [0.15, 0.2) is 0 Å². The van der Waals surface area contributed by atoms with Gasteiger partial charge in [0, 0.05) is 17.8 Å². The van der Waals surface area contributed by atoms with Crippen molar-refractivity contribution in [1.29, 1.82) is 0 Å². The fourth-order valence-corrected chi connectivity index (χ4v) is 6.74. The fraction of sp³-hybridized carbons (Fsp3) is 0.680. The molecule has 4 fully saturated rings. The van der Waals surface area contributed by atoms with Gasteiger partial charge in [0.2, 0.25) is 11.8 Å². The molecule has 5 rings (SSSR count). The van der Waals surface area contributed by atoms with Gasteiger partial charge >= 0.3 is 0 Å². The number of nitrogens with zero attached hydrogens (tertiary/aromatic N) is 1. The van der Waals surface area contributed by atoms with E-state index < -0.39 is 0 Å². The van der Waals surface area contributed by atoms with Gasteiger partial charge in [0.05, 0.1) is 20.2 Å². The highest BCUT2D eigenvalue weighted by molar-refractivity contribution is 5.92. The first-order valence-electron chi connectivity index (χ1n) is 11.8. The van der Waals surface area contributed by atoms with Crippen LogP contribution < -0.4 is 15.4 Å². The van der Waals surface area contributed by atoms with Crippen molar-refractivity contribution >= 4 is 17.5 Å². The molecule has 2 N–H and O–H groups in total. The molecule has 2 amide bonds. The van der Waals surface area contributed by atoms with Crippen molar-refractivity contribution < 1.29 is 14.3 Å². The summed E-state index contributed by atoms with van der Waals surface area (Å²) < 4.78 is 5.20. The van der Waals surface area contributed by atoms with E-state index in [0.29, 0.717) is 23.4 Å². The van der Waals surface area contributed by atoms with Crippen LogP contribution in [0.5, 0.6) is 5.75 Å². The molecule has 170 valence electrons. The number of ether oxygens (including phenoxy) is 1. The first-order valence-corrected chi connectivity index (χ1v) is 11.8. The lowest BCUT2D eigenvalue weighted by Crippen LogP contribution is -2.56. The maximum Gasteiger partial charge on any atom is 0.238 e. The van der Waals surface area contributed by atoms with Crippen LogP contribution in [-0.4, -0.2) is 49.5 Å². The van der Waals surface area contributed by atoms with Crippen LogP contribution in [0, 0.1) is 23.2 Å². The van der Waals surface area contributed by atoms with Crippen molar-refractivity contribution in [2.45, 2.75) is 58.4 Å². The summed E-state index contributed by atoms with van der Waals surface area (Å²) in [6.45, 7) is 5.27. The van der Waals surface area contributed by atoms with Gasteiger partial charge in [0.1, 0.15) is 5.75 Å². The van der Waals surface area contributed by atoms with Crippen LogP contribution in [0.15, 0.2) is 24.3 Å². The Bertz CT molecular complexity index is 774. The number of methoxy groups -OCH3 is 1. The lowest BCUT2D eigenvalue weighted by atomic mass is 9.48. The fourth-order valence-electron chi connectivity index (χ4n) is 6.74. The van der Waals surface area contributed by atoms with E-state index in [9.17, 15) is 9.59 Å². The Morgan fingerprint density at radius 2 is 1.71 bits per heavy atom. The van der Waals surface area contributed by atoms with E-state index in [1.807, 2.05) is 30.0 Å². The topological polar surface area (TPSA) is 70.7 Å². The monoisotopic (exact) mass is 427 g/mol. The summed E-state index contributed by atoms with van der Waals surface area (Å²) in [5.74, 6) is 3.22. The van der Waals surface area contributed by atoms with E-state index in [2.05, 4.69) is 17.6 Å². The lowest BCUT2D eigenvalue weighted by molar-refractivity contribution is -0.127. The Kier molecular flexibility index (Phi) is 6.56. The van der Waals surface area contributed by atoms with Crippen molar-refractivity contribution in [2.75, 3.05) is 32.1 Å². The van der Waals surface area contributed by atoms with Crippen LogP contribution in [-0.2, 0) is 9.59 Å². The first kappa shape index (κ1) is 22.1. The highest BCUT2D eigenvalue weighted by Crippen LogP contribution is 2.61. The number of amides is 2. The third kappa shape index (κ3) is 5.05. The molecule has 0 saturated heterocycles. The lowest BCUT2D eigenvalue weighted by Gasteiger charge is -2.59. The number of rotatable bonds is 9. The predicted molar refractivity (Wildman–Crippen MR) is 122 cm³/mol. The molecular formula is C25H37N3O3. The summed E-state index contributed by atoms with van der Waals surface area (Å²) in [6, 6.07) is 7.50. The van der Waals surface area contributed by atoms with E-state index in [-0.39, 0.29) is 30.9 Å². The Labute approximate surface area is 186 Å². The Hall–Kier alpha value is -2.08. The van der Waals surface area contributed by atoms with Gasteiger partial charge in [-0.15, -0.1) is 0 Å². The molecule has 0 spiro atoms. The van der Waals surface area contributed by atoms with Gasteiger partial charge in [-0.05, 0) is 87.3 Å². The molecule has 1 aromatic rings. The molecule has 4 aliphatic rings. The highest BCUT2D eigenvalue weighted by atomic mass is 16.5. The second-order valence-corrected chi connectivity index (χ2v) is 10.2. The molecule has 0 aliphatic heterocycles. The SMILES string of the molecule is CCN(CC(=O)Nc1cccc(OC)c1)CC(=O)N[C@@H](C)C12CC3CC(CC(C3)C1)C2. The average molecular weight is 428 g/mol. The van der Waals surface area contributed by atoms with E-state index >= 15 is 0 Å². The largest absolute Gasteiger partial charge is 0.497 e. The minimum atomic E-state index is -0.128. The number of benzene rings is 1. The van der Waals surface area contributed by atoms with Crippen molar-refractivity contribution in [3.63, 3.8) is 0 Å². The summed E-state index contributed by atoms with van der Waals surface area (Å²) >= 11 is 0. The van der Waals surface area contributed by atoms with Crippen molar-refractivity contribution in [2.24, 2.45) is 23.2 Å². The molecule has 0 heterocycles. The van der Waals surface area contributed by atoms with Crippen LogP contribution in [0.3, 0.4) is 0 Å². The minimum absolute atomic E-state index is 0.0271. The van der Waals surface area contributed by atoms with Gasteiger partial charge in [-0.2, -0.15) is 0 Å². The predicted octanol–water partition coefficient (Wildman–Crippen LogP) is 3.68. The second-order valence-electron chi connectivity index (χ2n) is 10.2. The molecule has 1 aromatic carbocycles. The third-order valence-electron chi connectivity index (χ3n) is 7.92. The highest BCUT2D eigenvalue weighted by Gasteiger charge is 2.53. The van der Waals surface area contributed by atoms with Crippen LogP contribution >= 0.6 is 0 Å². The minimum Gasteiger partial charge on any atom is -0.497 e. The average Bonchev–Trinajstić information content (AvgIpc) is 2.72. The molecule has 1 atom stereocenters. The first-order chi connectivity index (χ1) is 14.9. The van der Waals surface area contributed by atoms with E-state index in [1.54, 1.807) is 13.2 Å². The smallest absolute Gasteiger partial charge is 0.238 e.